The SMILES string of the molecule is CC1(C)CCC(Nc2cc(Cl)ccc2C#N)C1. The Labute approximate surface area is 108 Å². The van der Waals surface area contributed by atoms with Gasteiger partial charge in [0, 0.05) is 11.1 Å². The quantitative estimate of drug-likeness (QED) is 0.851. The Morgan fingerprint density at radius 3 is 2.82 bits per heavy atom. The number of halogens is 1. The molecule has 0 bridgehead atoms. The van der Waals surface area contributed by atoms with Crippen molar-refractivity contribution < 1.29 is 0 Å². The molecule has 1 atom stereocenters. The van der Waals surface area contributed by atoms with Crippen LogP contribution in [-0.4, -0.2) is 6.04 Å². The molecule has 0 spiro atoms. The summed E-state index contributed by atoms with van der Waals surface area (Å²) in [5.41, 5.74) is 1.94. The Kier molecular flexibility index (Phi) is 3.31. The first-order valence-electron chi connectivity index (χ1n) is 5.96. The van der Waals surface area contributed by atoms with Crippen LogP contribution in [0, 0.1) is 16.7 Å². The van der Waals surface area contributed by atoms with Crippen molar-refractivity contribution in [1.29, 1.82) is 5.26 Å². The molecule has 17 heavy (non-hydrogen) atoms. The molecule has 1 N–H and O–H groups in total. The van der Waals surface area contributed by atoms with Gasteiger partial charge in [-0.3, -0.25) is 0 Å². The molecule has 1 saturated carbocycles. The number of benzene rings is 1. The van der Waals surface area contributed by atoms with E-state index in [2.05, 4.69) is 25.2 Å². The van der Waals surface area contributed by atoms with Gasteiger partial charge in [0.1, 0.15) is 6.07 Å². The van der Waals surface area contributed by atoms with Crippen molar-refractivity contribution in [2.24, 2.45) is 5.41 Å². The van der Waals surface area contributed by atoms with Crippen LogP contribution in [-0.2, 0) is 0 Å². The molecule has 3 heteroatoms. The number of hydrogen-bond donors (Lipinski definition) is 1. The summed E-state index contributed by atoms with van der Waals surface area (Å²) in [6, 6.07) is 8.01. The lowest BCUT2D eigenvalue weighted by Gasteiger charge is -2.19. The van der Waals surface area contributed by atoms with Crippen molar-refractivity contribution in [3.05, 3.63) is 28.8 Å². The number of nitrogens with one attached hydrogen (secondary N) is 1. The van der Waals surface area contributed by atoms with Crippen LogP contribution in [0.4, 0.5) is 5.69 Å². The van der Waals surface area contributed by atoms with Crippen molar-refractivity contribution in [3.8, 4) is 6.07 Å². The van der Waals surface area contributed by atoms with Gasteiger partial charge in [0.25, 0.3) is 0 Å². The van der Waals surface area contributed by atoms with Gasteiger partial charge in [0.05, 0.1) is 11.3 Å². The summed E-state index contributed by atoms with van der Waals surface area (Å²) in [4.78, 5) is 0. The van der Waals surface area contributed by atoms with Gasteiger partial charge in [-0.05, 0) is 42.9 Å². The van der Waals surface area contributed by atoms with Crippen LogP contribution in [0.1, 0.15) is 38.7 Å². The fourth-order valence-corrected chi connectivity index (χ4v) is 2.68. The van der Waals surface area contributed by atoms with Gasteiger partial charge in [0.2, 0.25) is 0 Å². The molecule has 0 amide bonds. The van der Waals surface area contributed by atoms with E-state index in [1.54, 1.807) is 12.1 Å². The van der Waals surface area contributed by atoms with Crippen LogP contribution >= 0.6 is 11.6 Å². The van der Waals surface area contributed by atoms with Crippen molar-refractivity contribution in [2.45, 2.75) is 39.2 Å². The molecular weight excluding hydrogens is 232 g/mol. The summed E-state index contributed by atoms with van der Waals surface area (Å²) in [6.07, 6.45) is 3.53. The summed E-state index contributed by atoms with van der Waals surface area (Å²) in [6.45, 7) is 4.58. The predicted octanol–water partition coefficient (Wildman–Crippen LogP) is 4.20. The Bertz CT molecular complexity index is 460. The van der Waals surface area contributed by atoms with Crippen LogP contribution in [0.3, 0.4) is 0 Å². The van der Waals surface area contributed by atoms with Crippen LogP contribution in [0.2, 0.25) is 5.02 Å². The maximum atomic E-state index is 9.05. The monoisotopic (exact) mass is 248 g/mol. The average Bonchev–Trinajstić information content (AvgIpc) is 2.58. The van der Waals surface area contributed by atoms with Crippen molar-refractivity contribution in [1.82, 2.24) is 0 Å². The highest BCUT2D eigenvalue weighted by Gasteiger charge is 2.30. The first-order valence-corrected chi connectivity index (χ1v) is 6.34. The van der Waals surface area contributed by atoms with Crippen molar-refractivity contribution in [2.75, 3.05) is 5.32 Å². The van der Waals surface area contributed by atoms with E-state index in [9.17, 15) is 0 Å². The molecule has 1 aromatic rings. The largest absolute Gasteiger partial charge is 0.381 e. The van der Waals surface area contributed by atoms with E-state index in [0.717, 1.165) is 18.5 Å². The molecule has 0 heterocycles. The molecule has 1 aliphatic rings. The number of nitriles is 1. The summed E-state index contributed by atoms with van der Waals surface area (Å²) in [7, 11) is 0. The predicted molar refractivity (Wildman–Crippen MR) is 71.2 cm³/mol. The van der Waals surface area contributed by atoms with E-state index in [-0.39, 0.29) is 0 Å². The third-order valence-corrected chi connectivity index (χ3v) is 3.67. The van der Waals surface area contributed by atoms with E-state index in [1.807, 2.05) is 6.07 Å². The summed E-state index contributed by atoms with van der Waals surface area (Å²) in [5.74, 6) is 0. The van der Waals surface area contributed by atoms with Crippen LogP contribution < -0.4 is 5.32 Å². The Balaban J connectivity index is 2.14. The van der Waals surface area contributed by atoms with Gasteiger partial charge >= 0.3 is 0 Å². The average molecular weight is 249 g/mol. The van der Waals surface area contributed by atoms with E-state index in [1.165, 1.54) is 6.42 Å². The second-order valence-electron chi connectivity index (χ2n) is 5.55. The van der Waals surface area contributed by atoms with Crippen LogP contribution in [0.5, 0.6) is 0 Å². The second-order valence-corrected chi connectivity index (χ2v) is 5.99. The maximum absolute atomic E-state index is 9.05. The number of nitrogens with zero attached hydrogens (tertiary/aromatic N) is 1. The van der Waals surface area contributed by atoms with Crippen LogP contribution in [0.25, 0.3) is 0 Å². The topological polar surface area (TPSA) is 35.8 Å². The third kappa shape index (κ3) is 2.92. The van der Waals surface area contributed by atoms with E-state index in [0.29, 0.717) is 22.0 Å². The molecule has 0 saturated heterocycles. The number of hydrogen-bond acceptors (Lipinski definition) is 2. The third-order valence-electron chi connectivity index (χ3n) is 3.43. The molecule has 0 aliphatic heterocycles. The number of anilines is 1. The first kappa shape index (κ1) is 12.3. The highest BCUT2D eigenvalue weighted by atomic mass is 35.5. The Morgan fingerprint density at radius 1 is 1.47 bits per heavy atom. The van der Waals surface area contributed by atoms with Gasteiger partial charge in [0.15, 0.2) is 0 Å². The zero-order valence-corrected chi connectivity index (χ0v) is 11.0. The first-order chi connectivity index (χ1) is 8.00. The lowest BCUT2D eigenvalue weighted by molar-refractivity contribution is 0.378. The van der Waals surface area contributed by atoms with E-state index < -0.39 is 0 Å². The van der Waals surface area contributed by atoms with E-state index in [4.69, 9.17) is 16.9 Å². The van der Waals surface area contributed by atoms with Crippen molar-refractivity contribution >= 4 is 17.3 Å². The van der Waals surface area contributed by atoms with Crippen LogP contribution in [0.15, 0.2) is 18.2 Å². The minimum Gasteiger partial charge on any atom is -0.381 e. The highest BCUT2D eigenvalue weighted by molar-refractivity contribution is 6.30. The van der Waals surface area contributed by atoms with Gasteiger partial charge < -0.3 is 5.32 Å². The highest BCUT2D eigenvalue weighted by Crippen LogP contribution is 2.38. The molecule has 0 radical (unpaired) electrons. The number of rotatable bonds is 2. The molecule has 1 fully saturated rings. The zero-order chi connectivity index (χ0) is 12.5. The lowest BCUT2D eigenvalue weighted by Crippen LogP contribution is -2.18. The molecule has 2 rings (SSSR count). The molecule has 90 valence electrons. The molecule has 0 aromatic heterocycles. The molecular formula is C14H17ClN2. The van der Waals surface area contributed by atoms with Gasteiger partial charge in [-0.15, -0.1) is 0 Å². The summed E-state index contributed by atoms with van der Waals surface area (Å²) in [5, 5.41) is 13.2. The summed E-state index contributed by atoms with van der Waals surface area (Å²) >= 11 is 5.97. The minimum atomic E-state index is 0.406. The molecule has 1 unspecified atom stereocenters. The zero-order valence-electron chi connectivity index (χ0n) is 10.3. The smallest absolute Gasteiger partial charge is 0.101 e. The standard InChI is InChI=1S/C14H17ClN2/c1-14(2)6-5-12(8-14)17-13-7-11(15)4-3-10(13)9-16/h3-4,7,12,17H,5-6,8H2,1-2H3. The van der Waals surface area contributed by atoms with E-state index >= 15 is 0 Å². The minimum absolute atomic E-state index is 0.406. The van der Waals surface area contributed by atoms with Gasteiger partial charge in [-0.1, -0.05) is 25.4 Å². The second kappa shape index (κ2) is 4.58. The van der Waals surface area contributed by atoms with Gasteiger partial charge in [-0.25, -0.2) is 0 Å². The fourth-order valence-electron chi connectivity index (χ4n) is 2.51. The fraction of sp³-hybridized carbons (Fsp3) is 0.500. The Hall–Kier alpha value is -1.20. The maximum Gasteiger partial charge on any atom is 0.101 e. The molecule has 1 aliphatic carbocycles. The molecule has 1 aromatic carbocycles. The normalized spacial score (nSPS) is 22.1. The summed E-state index contributed by atoms with van der Waals surface area (Å²) < 4.78 is 0. The Morgan fingerprint density at radius 2 is 2.24 bits per heavy atom. The molecule has 2 nitrogen and oxygen atoms in total. The van der Waals surface area contributed by atoms with Crippen molar-refractivity contribution in [3.63, 3.8) is 0 Å². The lowest BCUT2D eigenvalue weighted by atomic mass is 9.92. The van der Waals surface area contributed by atoms with Gasteiger partial charge in [-0.2, -0.15) is 5.26 Å².